The average molecular weight is 261 g/mol. The zero-order valence-electron chi connectivity index (χ0n) is 10.9. The molecule has 1 N–H and O–H groups in total. The third-order valence-corrected chi connectivity index (χ3v) is 3.25. The van der Waals surface area contributed by atoms with E-state index in [4.69, 9.17) is 0 Å². The van der Waals surface area contributed by atoms with E-state index in [-0.39, 0.29) is 6.04 Å². The maximum atomic E-state index is 13.7. The van der Waals surface area contributed by atoms with Crippen LogP contribution in [0.15, 0.2) is 48.5 Å². The van der Waals surface area contributed by atoms with Crippen LogP contribution in [0.5, 0.6) is 0 Å². The van der Waals surface area contributed by atoms with Gasteiger partial charge in [-0.3, -0.25) is 0 Å². The van der Waals surface area contributed by atoms with Crippen LogP contribution in [0.1, 0.15) is 23.6 Å². The summed E-state index contributed by atoms with van der Waals surface area (Å²) < 4.78 is 26.6. The molecule has 0 heterocycles. The smallest absolute Gasteiger partial charge is 0.130 e. The molecule has 2 rings (SSSR count). The largest absolute Gasteiger partial charge is 0.313 e. The minimum atomic E-state index is -0.542. The van der Waals surface area contributed by atoms with Crippen molar-refractivity contribution in [1.82, 2.24) is 5.32 Å². The number of rotatable bonds is 5. The Hall–Kier alpha value is -1.74. The highest BCUT2D eigenvalue weighted by Crippen LogP contribution is 2.22. The second-order valence-electron chi connectivity index (χ2n) is 4.53. The van der Waals surface area contributed by atoms with Crippen molar-refractivity contribution < 1.29 is 8.78 Å². The molecule has 0 amide bonds. The molecule has 1 atom stereocenters. The molecule has 0 fully saturated rings. The lowest BCUT2D eigenvalue weighted by Crippen LogP contribution is -2.18. The summed E-state index contributed by atoms with van der Waals surface area (Å²) in [5.74, 6) is -1.04. The lowest BCUT2D eigenvalue weighted by atomic mass is 9.98. The van der Waals surface area contributed by atoms with Gasteiger partial charge in [0.1, 0.15) is 11.6 Å². The Morgan fingerprint density at radius 2 is 1.79 bits per heavy atom. The molecular formula is C16H17F2N. The highest BCUT2D eigenvalue weighted by atomic mass is 19.1. The van der Waals surface area contributed by atoms with E-state index < -0.39 is 11.6 Å². The van der Waals surface area contributed by atoms with E-state index >= 15 is 0 Å². The Kier molecular flexibility index (Phi) is 4.63. The molecule has 0 aliphatic carbocycles. The molecule has 0 aliphatic rings. The van der Waals surface area contributed by atoms with Gasteiger partial charge in [-0.05, 0) is 31.5 Å². The minimum Gasteiger partial charge on any atom is -0.313 e. The van der Waals surface area contributed by atoms with Gasteiger partial charge >= 0.3 is 0 Å². The molecular weight excluding hydrogens is 244 g/mol. The minimum absolute atomic E-state index is 0.110. The monoisotopic (exact) mass is 261 g/mol. The van der Waals surface area contributed by atoms with Crippen LogP contribution < -0.4 is 5.32 Å². The third kappa shape index (κ3) is 3.61. The van der Waals surface area contributed by atoms with Gasteiger partial charge in [0.15, 0.2) is 0 Å². The Bertz CT molecular complexity index is 526. The number of halogens is 2. The predicted octanol–water partition coefficient (Wildman–Crippen LogP) is 3.86. The number of nitrogens with one attached hydrogen (secondary N) is 1. The number of aryl methyl sites for hydroxylation is 1. The molecule has 0 saturated heterocycles. The summed E-state index contributed by atoms with van der Waals surface area (Å²) in [4.78, 5) is 0. The lowest BCUT2D eigenvalue weighted by molar-refractivity contribution is 0.501. The zero-order valence-corrected chi connectivity index (χ0v) is 10.9. The van der Waals surface area contributed by atoms with Crippen molar-refractivity contribution in [3.8, 4) is 0 Å². The quantitative estimate of drug-likeness (QED) is 0.861. The molecule has 1 nitrogen and oxygen atoms in total. The van der Waals surface area contributed by atoms with Crippen molar-refractivity contribution in [2.24, 2.45) is 0 Å². The van der Waals surface area contributed by atoms with Gasteiger partial charge in [0.2, 0.25) is 0 Å². The zero-order chi connectivity index (χ0) is 13.7. The fourth-order valence-electron chi connectivity index (χ4n) is 2.20. The Labute approximate surface area is 112 Å². The molecule has 0 bridgehead atoms. The summed E-state index contributed by atoms with van der Waals surface area (Å²) in [6.45, 7) is 0. The molecule has 0 aliphatic heterocycles. The van der Waals surface area contributed by atoms with Crippen LogP contribution in [0.25, 0.3) is 0 Å². The normalized spacial score (nSPS) is 12.4. The van der Waals surface area contributed by atoms with E-state index in [2.05, 4.69) is 5.32 Å². The molecule has 0 spiro atoms. The van der Waals surface area contributed by atoms with Crippen LogP contribution in [0.3, 0.4) is 0 Å². The number of hydrogen-bond acceptors (Lipinski definition) is 1. The van der Waals surface area contributed by atoms with Crippen LogP contribution in [0, 0.1) is 11.6 Å². The van der Waals surface area contributed by atoms with Crippen molar-refractivity contribution in [2.45, 2.75) is 18.9 Å². The van der Waals surface area contributed by atoms with Gasteiger partial charge in [-0.2, -0.15) is 0 Å². The van der Waals surface area contributed by atoms with Crippen LogP contribution in [-0.2, 0) is 6.42 Å². The number of hydrogen-bond donors (Lipinski definition) is 1. The van der Waals surface area contributed by atoms with E-state index in [1.807, 2.05) is 30.3 Å². The molecule has 100 valence electrons. The molecule has 3 heteroatoms. The van der Waals surface area contributed by atoms with Crippen molar-refractivity contribution in [1.29, 1.82) is 0 Å². The van der Waals surface area contributed by atoms with Crippen molar-refractivity contribution in [3.05, 3.63) is 71.3 Å². The summed E-state index contributed by atoms with van der Waals surface area (Å²) in [7, 11) is 1.79. The molecule has 0 saturated carbocycles. The molecule has 0 aromatic heterocycles. The van der Waals surface area contributed by atoms with Gasteiger partial charge in [-0.1, -0.05) is 36.4 Å². The summed E-state index contributed by atoms with van der Waals surface area (Å²) in [6, 6.07) is 13.7. The van der Waals surface area contributed by atoms with Crippen LogP contribution in [0.4, 0.5) is 8.78 Å². The Balaban J connectivity index is 2.08. The standard InChI is InChI=1S/C16H17F2N/c1-19-16(10-7-12-5-3-2-4-6-12)14-9-8-13(17)11-15(14)18/h2-6,8-9,11,16,19H,7,10H2,1H3. The highest BCUT2D eigenvalue weighted by Gasteiger charge is 2.14. The summed E-state index contributed by atoms with van der Waals surface area (Å²) in [5, 5.41) is 3.09. The molecule has 2 aromatic carbocycles. The first kappa shape index (κ1) is 13.7. The van der Waals surface area contributed by atoms with Crippen LogP contribution in [-0.4, -0.2) is 7.05 Å². The van der Waals surface area contributed by atoms with Crippen molar-refractivity contribution >= 4 is 0 Å². The maximum absolute atomic E-state index is 13.7. The fraction of sp³-hybridized carbons (Fsp3) is 0.250. The van der Waals surface area contributed by atoms with Gasteiger partial charge < -0.3 is 5.32 Å². The van der Waals surface area contributed by atoms with Gasteiger partial charge in [-0.25, -0.2) is 8.78 Å². The van der Waals surface area contributed by atoms with E-state index in [1.165, 1.54) is 17.7 Å². The predicted molar refractivity (Wildman–Crippen MR) is 72.9 cm³/mol. The SMILES string of the molecule is CNC(CCc1ccccc1)c1ccc(F)cc1F. The van der Waals surface area contributed by atoms with E-state index in [1.54, 1.807) is 7.05 Å². The summed E-state index contributed by atoms with van der Waals surface area (Å²) in [6.07, 6.45) is 1.62. The van der Waals surface area contributed by atoms with Crippen molar-refractivity contribution in [3.63, 3.8) is 0 Å². The first-order chi connectivity index (χ1) is 9.20. The topological polar surface area (TPSA) is 12.0 Å². The molecule has 2 aromatic rings. The number of benzene rings is 2. The van der Waals surface area contributed by atoms with E-state index in [0.717, 1.165) is 18.9 Å². The molecule has 0 radical (unpaired) electrons. The van der Waals surface area contributed by atoms with Gasteiger partial charge in [0.25, 0.3) is 0 Å². The Morgan fingerprint density at radius 1 is 1.05 bits per heavy atom. The summed E-state index contributed by atoms with van der Waals surface area (Å²) >= 11 is 0. The third-order valence-electron chi connectivity index (χ3n) is 3.25. The second-order valence-corrected chi connectivity index (χ2v) is 4.53. The lowest BCUT2D eigenvalue weighted by Gasteiger charge is -2.17. The van der Waals surface area contributed by atoms with E-state index in [9.17, 15) is 8.78 Å². The summed E-state index contributed by atoms with van der Waals surface area (Å²) in [5.41, 5.74) is 1.73. The van der Waals surface area contributed by atoms with Gasteiger partial charge in [-0.15, -0.1) is 0 Å². The fourth-order valence-corrected chi connectivity index (χ4v) is 2.20. The van der Waals surface area contributed by atoms with Crippen LogP contribution >= 0.6 is 0 Å². The first-order valence-corrected chi connectivity index (χ1v) is 6.37. The average Bonchev–Trinajstić information content (AvgIpc) is 2.42. The van der Waals surface area contributed by atoms with Gasteiger partial charge in [0, 0.05) is 17.7 Å². The van der Waals surface area contributed by atoms with Crippen LogP contribution in [0.2, 0.25) is 0 Å². The first-order valence-electron chi connectivity index (χ1n) is 6.37. The highest BCUT2D eigenvalue weighted by molar-refractivity contribution is 5.23. The van der Waals surface area contributed by atoms with Gasteiger partial charge in [0.05, 0.1) is 0 Å². The second kappa shape index (κ2) is 6.43. The van der Waals surface area contributed by atoms with E-state index in [0.29, 0.717) is 5.56 Å². The molecule has 1 unspecified atom stereocenters. The maximum Gasteiger partial charge on any atom is 0.130 e. The molecule has 19 heavy (non-hydrogen) atoms. The van der Waals surface area contributed by atoms with Crippen molar-refractivity contribution in [2.75, 3.05) is 7.05 Å². The Morgan fingerprint density at radius 3 is 2.42 bits per heavy atom.